The van der Waals surface area contributed by atoms with Gasteiger partial charge in [-0.15, -0.1) is 0 Å². The van der Waals surface area contributed by atoms with Crippen LogP contribution in [0.1, 0.15) is 28.0 Å². The molecule has 88 valence electrons. The molecule has 0 amide bonds. The third-order valence-corrected chi connectivity index (χ3v) is 2.24. The molecule has 2 nitrogen and oxygen atoms in total. The van der Waals surface area contributed by atoms with Crippen molar-refractivity contribution in [3.05, 3.63) is 26.6 Å². The summed E-state index contributed by atoms with van der Waals surface area (Å²) in [6, 6.07) is 0.481. The van der Waals surface area contributed by atoms with E-state index in [0.717, 1.165) is 0 Å². The second-order valence-corrected chi connectivity index (χ2v) is 3.81. The Labute approximate surface area is 100.0 Å². The molecule has 1 rings (SSSR count). The van der Waals surface area contributed by atoms with Crippen molar-refractivity contribution in [3.63, 3.8) is 0 Å². The quantitative estimate of drug-likeness (QED) is 0.354. The predicted molar refractivity (Wildman–Crippen MR) is 52.3 cm³/mol. The maximum Gasteiger partial charge on any atom is 0.417 e. The van der Waals surface area contributed by atoms with Crippen LogP contribution in [0.2, 0.25) is 0 Å². The van der Waals surface area contributed by atoms with E-state index in [9.17, 15) is 26.7 Å². The first-order chi connectivity index (χ1) is 7.27. The van der Waals surface area contributed by atoms with Crippen molar-refractivity contribution in [2.45, 2.75) is 12.6 Å². The molecule has 0 spiro atoms. The van der Waals surface area contributed by atoms with E-state index in [1.165, 1.54) is 22.6 Å². The largest absolute Gasteiger partial charge is 0.417 e. The number of halogens is 6. The Bertz CT molecular complexity index is 418. The predicted octanol–water partition coefficient (Wildman–Crippen LogP) is 3.46. The SMILES string of the molecule is O=Cc1nc(I)cc(C(F)(F)F)c1C(F)F. The molecule has 0 unspecified atom stereocenters. The van der Waals surface area contributed by atoms with Gasteiger partial charge in [0.25, 0.3) is 6.43 Å². The summed E-state index contributed by atoms with van der Waals surface area (Å²) in [7, 11) is 0. The Hall–Kier alpha value is -0.800. The lowest BCUT2D eigenvalue weighted by atomic mass is 10.1. The standard InChI is InChI=1S/C8H3F5INO/c9-7(10)6-3(8(11,12)13)1-5(14)15-4(6)2-16/h1-2,7H. The first-order valence-corrected chi connectivity index (χ1v) is 4.86. The van der Waals surface area contributed by atoms with Crippen LogP contribution in [0, 0.1) is 3.70 Å². The maximum absolute atomic E-state index is 12.4. The number of hydrogen-bond donors (Lipinski definition) is 0. The molecule has 0 aliphatic heterocycles. The zero-order valence-corrected chi connectivity index (χ0v) is 9.51. The number of aldehydes is 1. The van der Waals surface area contributed by atoms with Crippen molar-refractivity contribution in [1.29, 1.82) is 0 Å². The minimum Gasteiger partial charge on any atom is -0.296 e. The Morgan fingerprint density at radius 3 is 2.31 bits per heavy atom. The second-order valence-electron chi connectivity index (χ2n) is 2.71. The molecular weight excluding hydrogens is 348 g/mol. The highest BCUT2D eigenvalue weighted by Crippen LogP contribution is 2.37. The summed E-state index contributed by atoms with van der Waals surface area (Å²) < 4.78 is 62.0. The third-order valence-electron chi connectivity index (χ3n) is 1.69. The van der Waals surface area contributed by atoms with Gasteiger partial charge >= 0.3 is 6.18 Å². The third kappa shape index (κ3) is 2.66. The highest BCUT2D eigenvalue weighted by Gasteiger charge is 2.38. The monoisotopic (exact) mass is 351 g/mol. The Balaban J connectivity index is 3.57. The molecule has 0 saturated heterocycles. The Morgan fingerprint density at radius 2 is 1.94 bits per heavy atom. The maximum atomic E-state index is 12.4. The molecule has 0 bridgehead atoms. The molecule has 16 heavy (non-hydrogen) atoms. The van der Waals surface area contributed by atoms with E-state index in [0.29, 0.717) is 6.07 Å². The van der Waals surface area contributed by atoms with Crippen LogP contribution < -0.4 is 0 Å². The summed E-state index contributed by atoms with van der Waals surface area (Å²) in [6.45, 7) is 0. The summed E-state index contributed by atoms with van der Waals surface area (Å²) in [4.78, 5) is 13.7. The van der Waals surface area contributed by atoms with Gasteiger partial charge in [0.15, 0.2) is 6.29 Å². The van der Waals surface area contributed by atoms with E-state index < -0.39 is 29.4 Å². The van der Waals surface area contributed by atoms with Crippen molar-refractivity contribution >= 4 is 28.9 Å². The van der Waals surface area contributed by atoms with Gasteiger partial charge in [-0.05, 0) is 28.7 Å². The number of nitrogens with zero attached hydrogens (tertiary/aromatic N) is 1. The lowest BCUT2D eigenvalue weighted by Gasteiger charge is -2.13. The van der Waals surface area contributed by atoms with Crippen LogP contribution in [0.15, 0.2) is 6.07 Å². The van der Waals surface area contributed by atoms with Gasteiger partial charge in [0.2, 0.25) is 0 Å². The van der Waals surface area contributed by atoms with Crippen molar-refractivity contribution in [3.8, 4) is 0 Å². The molecule has 8 heteroatoms. The van der Waals surface area contributed by atoms with Crippen LogP contribution in [0.3, 0.4) is 0 Å². The fourth-order valence-corrected chi connectivity index (χ4v) is 1.67. The fraction of sp³-hybridized carbons (Fsp3) is 0.250. The zero-order valence-electron chi connectivity index (χ0n) is 7.36. The second kappa shape index (κ2) is 4.60. The van der Waals surface area contributed by atoms with Crippen molar-refractivity contribution in [1.82, 2.24) is 4.98 Å². The van der Waals surface area contributed by atoms with Gasteiger partial charge in [-0.25, -0.2) is 13.8 Å². The number of rotatable bonds is 2. The summed E-state index contributed by atoms with van der Waals surface area (Å²) in [5, 5.41) is 0. The Kier molecular flexibility index (Phi) is 3.81. The topological polar surface area (TPSA) is 30.0 Å². The molecule has 0 aliphatic rings. The number of aromatic nitrogens is 1. The van der Waals surface area contributed by atoms with E-state index in [1.54, 1.807) is 0 Å². The van der Waals surface area contributed by atoms with Crippen LogP contribution >= 0.6 is 22.6 Å². The molecular formula is C8H3F5INO. The molecule has 0 radical (unpaired) electrons. The lowest BCUT2D eigenvalue weighted by molar-refractivity contribution is -0.139. The normalized spacial score (nSPS) is 11.9. The van der Waals surface area contributed by atoms with E-state index in [1.807, 2.05) is 0 Å². The molecule has 0 fully saturated rings. The molecule has 0 aliphatic carbocycles. The lowest BCUT2D eigenvalue weighted by Crippen LogP contribution is -2.14. The number of alkyl halides is 5. The summed E-state index contributed by atoms with van der Waals surface area (Å²) in [5.41, 5.74) is -3.78. The van der Waals surface area contributed by atoms with Gasteiger partial charge in [-0.2, -0.15) is 13.2 Å². The molecule has 1 aromatic heterocycles. The number of carbonyl (C=O) groups is 1. The molecule has 1 aromatic rings. The molecule has 0 aromatic carbocycles. The molecule has 1 heterocycles. The van der Waals surface area contributed by atoms with Crippen LogP contribution in [-0.2, 0) is 6.18 Å². The van der Waals surface area contributed by atoms with Crippen LogP contribution in [0.25, 0.3) is 0 Å². The van der Waals surface area contributed by atoms with Gasteiger partial charge in [-0.1, -0.05) is 0 Å². The summed E-state index contributed by atoms with van der Waals surface area (Å²) in [5.74, 6) is 0. The highest BCUT2D eigenvalue weighted by atomic mass is 127. The average Bonchev–Trinajstić information content (AvgIpc) is 2.14. The zero-order chi connectivity index (χ0) is 12.5. The van der Waals surface area contributed by atoms with E-state index >= 15 is 0 Å². The van der Waals surface area contributed by atoms with Crippen LogP contribution in [0.4, 0.5) is 22.0 Å². The first-order valence-electron chi connectivity index (χ1n) is 3.78. The van der Waals surface area contributed by atoms with E-state index in [4.69, 9.17) is 0 Å². The van der Waals surface area contributed by atoms with Crippen molar-refractivity contribution < 1.29 is 26.7 Å². The van der Waals surface area contributed by atoms with Crippen molar-refractivity contribution in [2.24, 2.45) is 0 Å². The van der Waals surface area contributed by atoms with Gasteiger partial charge in [0.05, 0.1) is 11.1 Å². The smallest absolute Gasteiger partial charge is 0.296 e. The Morgan fingerprint density at radius 1 is 1.38 bits per heavy atom. The van der Waals surface area contributed by atoms with Gasteiger partial charge < -0.3 is 0 Å². The van der Waals surface area contributed by atoms with Crippen molar-refractivity contribution in [2.75, 3.05) is 0 Å². The van der Waals surface area contributed by atoms with Gasteiger partial charge in [-0.3, -0.25) is 4.79 Å². The highest BCUT2D eigenvalue weighted by molar-refractivity contribution is 14.1. The summed E-state index contributed by atoms with van der Waals surface area (Å²) in [6.07, 6.45) is -8.45. The van der Waals surface area contributed by atoms with Crippen LogP contribution in [0.5, 0.6) is 0 Å². The number of pyridine rings is 1. The minimum absolute atomic E-state index is 0.112. The fourth-order valence-electron chi connectivity index (χ4n) is 1.10. The molecule has 0 saturated carbocycles. The summed E-state index contributed by atoms with van der Waals surface area (Å²) >= 11 is 1.42. The average molecular weight is 351 g/mol. The molecule has 0 atom stereocenters. The number of hydrogen-bond acceptors (Lipinski definition) is 2. The molecule has 0 N–H and O–H groups in total. The first kappa shape index (κ1) is 13.3. The van der Waals surface area contributed by atoms with E-state index in [2.05, 4.69) is 4.98 Å². The number of carbonyl (C=O) groups excluding carboxylic acids is 1. The minimum atomic E-state index is -4.94. The van der Waals surface area contributed by atoms with E-state index in [-0.39, 0.29) is 9.99 Å². The van der Waals surface area contributed by atoms with Gasteiger partial charge in [0, 0.05) is 0 Å². The van der Waals surface area contributed by atoms with Gasteiger partial charge in [0.1, 0.15) is 9.39 Å². The van der Waals surface area contributed by atoms with Crippen LogP contribution in [-0.4, -0.2) is 11.3 Å².